The lowest BCUT2D eigenvalue weighted by atomic mass is 10.1. The number of rotatable bonds is 5. The molecule has 0 aliphatic rings. The van der Waals surface area contributed by atoms with E-state index >= 15 is 0 Å². The number of hydrogen-bond acceptors (Lipinski definition) is 4. The Morgan fingerprint density at radius 2 is 1.82 bits per heavy atom. The summed E-state index contributed by atoms with van der Waals surface area (Å²) in [4.78, 5) is 11.7. The molecule has 1 amide bonds. The minimum Gasteiger partial charge on any atom is -0.268 e. The molecule has 0 radical (unpaired) electrons. The van der Waals surface area contributed by atoms with Gasteiger partial charge >= 0.3 is 6.18 Å². The largest absolute Gasteiger partial charge is 0.416 e. The third-order valence-corrected chi connectivity index (χ3v) is 5.12. The Labute approximate surface area is 158 Å². The Balaban J connectivity index is 1.80. The number of alkyl halides is 3. The highest BCUT2D eigenvalue weighted by atomic mass is 32.2. The van der Waals surface area contributed by atoms with E-state index < -0.39 is 32.6 Å². The molecule has 10 heteroatoms. The fraction of sp³-hybridized carbons (Fsp3) is 0.111. The van der Waals surface area contributed by atoms with E-state index in [1.807, 2.05) is 0 Å². The van der Waals surface area contributed by atoms with Gasteiger partial charge in [0.05, 0.1) is 17.0 Å². The lowest BCUT2D eigenvalue weighted by Gasteiger charge is -2.11. The van der Waals surface area contributed by atoms with Gasteiger partial charge < -0.3 is 0 Å². The summed E-state index contributed by atoms with van der Waals surface area (Å²) in [5.74, 6) is -0.945. The zero-order chi connectivity index (χ0) is 20.4. The maximum absolute atomic E-state index is 12.8. The van der Waals surface area contributed by atoms with E-state index in [0.717, 1.165) is 18.2 Å². The average molecular weight is 409 g/mol. The topological polar surface area (TPSA) is 81.1 Å². The predicted octanol–water partition coefficient (Wildman–Crippen LogP) is 3.07. The van der Waals surface area contributed by atoms with Gasteiger partial charge in [-0.25, -0.2) is 13.1 Å². The second kappa shape index (κ2) is 7.47. The van der Waals surface area contributed by atoms with E-state index in [2.05, 4.69) is 5.10 Å². The van der Waals surface area contributed by atoms with Gasteiger partial charge in [-0.3, -0.25) is 9.48 Å². The number of carbonyl (C=O) groups excluding carboxylic acids is 1. The third kappa shape index (κ3) is 4.58. The van der Waals surface area contributed by atoms with Crippen LogP contribution in [0.1, 0.15) is 21.5 Å². The van der Waals surface area contributed by atoms with E-state index in [-0.39, 0.29) is 5.56 Å². The quantitative estimate of drug-likeness (QED) is 0.702. The smallest absolute Gasteiger partial charge is 0.268 e. The van der Waals surface area contributed by atoms with E-state index in [4.69, 9.17) is 0 Å². The standard InChI is InChI=1S/C18H14F3N3O3S/c19-18(20,21)15-6-2-7-16(11-15)28(26,27)23-17(25)14-5-1-4-13(10-14)12-24-9-3-8-22-24/h1-11H,12H2,(H,23,25). The van der Waals surface area contributed by atoms with Crippen molar-refractivity contribution in [1.29, 1.82) is 0 Å². The van der Waals surface area contributed by atoms with Gasteiger partial charge in [0.25, 0.3) is 15.9 Å². The predicted molar refractivity (Wildman–Crippen MR) is 93.9 cm³/mol. The fourth-order valence-corrected chi connectivity index (χ4v) is 3.49. The number of carbonyl (C=O) groups is 1. The molecule has 0 saturated heterocycles. The van der Waals surface area contributed by atoms with Crippen molar-refractivity contribution in [3.05, 3.63) is 83.7 Å². The molecule has 6 nitrogen and oxygen atoms in total. The van der Waals surface area contributed by atoms with Crippen LogP contribution in [0.25, 0.3) is 0 Å². The molecule has 1 aromatic heterocycles. The first-order valence-corrected chi connectivity index (χ1v) is 9.44. The molecule has 0 bridgehead atoms. The van der Waals surface area contributed by atoms with Gasteiger partial charge in [-0.1, -0.05) is 18.2 Å². The summed E-state index contributed by atoms with van der Waals surface area (Å²) in [6.45, 7) is 0.370. The highest BCUT2D eigenvalue weighted by Crippen LogP contribution is 2.30. The summed E-state index contributed by atoms with van der Waals surface area (Å²) in [7, 11) is -4.47. The van der Waals surface area contributed by atoms with Gasteiger partial charge in [-0.15, -0.1) is 0 Å². The van der Waals surface area contributed by atoms with Gasteiger partial charge in [0.1, 0.15) is 0 Å². The van der Waals surface area contributed by atoms with Gasteiger partial charge in [0, 0.05) is 18.0 Å². The first-order chi connectivity index (χ1) is 13.1. The first-order valence-electron chi connectivity index (χ1n) is 7.96. The molecule has 0 unspecified atom stereocenters. The number of amides is 1. The van der Waals surface area contributed by atoms with Gasteiger partial charge in [0.2, 0.25) is 0 Å². The Morgan fingerprint density at radius 1 is 1.07 bits per heavy atom. The number of sulfonamides is 1. The number of nitrogens with one attached hydrogen (secondary N) is 1. The molecular weight excluding hydrogens is 395 g/mol. The van der Waals surface area contributed by atoms with Crippen molar-refractivity contribution in [2.75, 3.05) is 0 Å². The van der Waals surface area contributed by atoms with Crippen LogP contribution in [0, 0.1) is 0 Å². The Morgan fingerprint density at radius 3 is 2.50 bits per heavy atom. The third-order valence-electron chi connectivity index (χ3n) is 3.79. The van der Waals surface area contributed by atoms with Crippen LogP contribution in [0.2, 0.25) is 0 Å². The lowest BCUT2D eigenvalue weighted by Crippen LogP contribution is -2.30. The van der Waals surface area contributed by atoms with Crippen LogP contribution in [-0.4, -0.2) is 24.1 Å². The van der Waals surface area contributed by atoms with Crippen LogP contribution in [0.5, 0.6) is 0 Å². The van der Waals surface area contributed by atoms with Crippen molar-refractivity contribution in [3.8, 4) is 0 Å². The zero-order valence-corrected chi connectivity index (χ0v) is 15.0. The maximum atomic E-state index is 12.8. The second-order valence-electron chi connectivity index (χ2n) is 5.86. The van der Waals surface area contributed by atoms with E-state index in [1.165, 1.54) is 12.1 Å². The highest BCUT2D eigenvalue weighted by Gasteiger charge is 2.32. The minimum atomic E-state index is -4.70. The van der Waals surface area contributed by atoms with Gasteiger partial charge in [-0.2, -0.15) is 18.3 Å². The molecular formula is C18H14F3N3O3S. The number of hydrogen-bond donors (Lipinski definition) is 1. The van der Waals surface area contributed by atoms with Crippen molar-refractivity contribution < 1.29 is 26.4 Å². The van der Waals surface area contributed by atoms with Crippen LogP contribution in [0.4, 0.5) is 13.2 Å². The summed E-state index contributed by atoms with van der Waals surface area (Å²) in [6.07, 6.45) is -1.38. The van der Waals surface area contributed by atoms with Crippen LogP contribution in [0.15, 0.2) is 71.9 Å². The van der Waals surface area contributed by atoms with Crippen molar-refractivity contribution in [2.24, 2.45) is 0 Å². The average Bonchev–Trinajstić information content (AvgIpc) is 3.14. The van der Waals surface area contributed by atoms with E-state index in [0.29, 0.717) is 18.2 Å². The lowest BCUT2D eigenvalue weighted by molar-refractivity contribution is -0.137. The second-order valence-corrected chi connectivity index (χ2v) is 7.55. The number of nitrogens with zero attached hydrogens (tertiary/aromatic N) is 2. The SMILES string of the molecule is O=C(NS(=O)(=O)c1cccc(C(F)(F)F)c1)c1cccc(Cn2cccn2)c1. The Kier molecular flexibility index (Phi) is 5.23. The monoisotopic (exact) mass is 409 g/mol. The number of halogens is 3. The fourth-order valence-electron chi connectivity index (χ4n) is 2.47. The van der Waals surface area contributed by atoms with Crippen LogP contribution < -0.4 is 4.72 Å². The molecule has 0 saturated carbocycles. The van der Waals surface area contributed by atoms with Gasteiger partial charge in [-0.05, 0) is 42.0 Å². The molecule has 28 heavy (non-hydrogen) atoms. The van der Waals surface area contributed by atoms with Crippen molar-refractivity contribution in [1.82, 2.24) is 14.5 Å². The Hall–Kier alpha value is -3.14. The molecule has 0 aliphatic heterocycles. The molecule has 1 N–H and O–H groups in total. The summed E-state index contributed by atoms with van der Waals surface area (Å²) >= 11 is 0. The summed E-state index contributed by atoms with van der Waals surface area (Å²) in [6, 6.07) is 11.1. The van der Waals surface area contributed by atoms with E-state index in [9.17, 15) is 26.4 Å². The molecule has 0 fully saturated rings. The van der Waals surface area contributed by atoms with Crippen molar-refractivity contribution >= 4 is 15.9 Å². The molecule has 2 aromatic carbocycles. The van der Waals surface area contributed by atoms with Crippen LogP contribution in [-0.2, 0) is 22.7 Å². The van der Waals surface area contributed by atoms with Crippen molar-refractivity contribution in [3.63, 3.8) is 0 Å². The molecule has 1 heterocycles. The summed E-state index contributed by atoms with van der Waals surface area (Å²) in [5.41, 5.74) is -0.364. The van der Waals surface area contributed by atoms with Crippen LogP contribution in [0.3, 0.4) is 0 Å². The summed E-state index contributed by atoms with van der Waals surface area (Å²) in [5, 5.41) is 4.04. The van der Waals surface area contributed by atoms with Gasteiger partial charge in [0.15, 0.2) is 0 Å². The molecule has 3 rings (SSSR count). The molecule has 0 aliphatic carbocycles. The summed E-state index contributed by atoms with van der Waals surface area (Å²) < 4.78 is 66.4. The molecule has 146 valence electrons. The first kappa shape index (κ1) is 19.6. The highest BCUT2D eigenvalue weighted by molar-refractivity contribution is 7.90. The van der Waals surface area contributed by atoms with Crippen LogP contribution >= 0.6 is 0 Å². The molecule has 0 spiro atoms. The maximum Gasteiger partial charge on any atom is 0.416 e. The van der Waals surface area contributed by atoms with E-state index in [1.54, 1.807) is 40.0 Å². The Bertz CT molecular complexity index is 1090. The number of aromatic nitrogens is 2. The zero-order valence-electron chi connectivity index (χ0n) is 14.2. The molecule has 3 aromatic rings. The molecule has 0 atom stereocenters. The normalized spacial score (nSPS) is 12.0. The van der Waals surface area contributed by atoms with Crippen molar-refractivity contribution in [2.45, 2.75) is 17.6 Å². The number of benzene rings is 2. The minimum absolute atomic E-state index is 0.0557.